The van der Waals surface area contributed by atoms with Crippen molar-refractivity contribution in [2.24, 2.45) is 0 Å². The van der Waals surface area contributed by atoms with E-state index >= 15 is 0 Å². The maximum atomic E-state index is 14.1. The molecule has 0 bridgehead atoms. The van der Waals surface area contributed by atoms with E-state index in [-0.39, 0.29) is 18.3 Å². The lowest BCUT2D eigenvalue weighted by Gasteiger charge is -2.11. The molecule has 0 saturated heterocycles. The first-order valence-corrected chi connectivity index (χ1v) is 11.0. The smallest absolute Gasteiger partial charge is 0.262 e. The Balaban J connectivity index is 1.45. The van der Waals surface area contributed by atoms with Gasteiger partial charge >= 0.3 is 0 Å². The molecule has 7 heteroatoms. The Morgan fingerprint density at radius 1 is 0.938 bits per heavy atom. The van der Waals surface area contributed by atoms with E-state index in [2.05, 4.69) is 10.3 Å². The van der Waals surface area contributed by atoms with E-state index in [1.54, 1.807) is 48.5 Å². The molecule has 1 amide bonds. The summed E-state index contributed by atoms with van der Waals surface area (Å²) in [7, 11) is 0. The van der Waals surface area contributed by atoms with Crippen molar-refractivity contribution in [2.75, 3.05) is 18.5 Å². The third kappa shape index (κ3) is 5.12. The average molecular weight is 449 g/mol. The number of thiazole rings is 1. The topological polar surface area (TPSA) is 60.5 Å². The van der Waals surface area contributed by atoms with Crippen LogP contribution >= 0.6 is 11.3 Å². The molecule has 162 valence electrons. The number of rotatable bonds is 8. The predicted molar refractivity (Wildman–Crippen MR) is 125 cm³/mol. The number of anilines is 1. The molecule has 4 aromatic rings. The third-order valence-corrected chi connectivity index (χ3v) is 5.47. The third-order valence-electron chi connectivity index (χ3n) is 4.59. The van der Waals surface area contributed by atoms with Crippen LogP contribution < -0.4 is 14.8 Å². The molecular weight excluding hydrogens is 427 g/mol. The van der Waals surface area contributed by atoms with Gasteiger partial charge in [-0.3, -0.25) is 4.79 Å². The van der Waals surface area contributed by atoms with Gasteiger partial charge in [0.25, 0.3) is 5.91 Å². The first kappa shape index (κ1) is 21.5. The number of nitrogens with zero attached hydrogens (tertiary/aromatic N) is 1. The lowest BCUT2D eigenvalue weighted by atomic mass is 10.1. The zero-order valence-electron chi connectivity index (χ0n) is 17.4. The summed E-state index contributed by atoms with van der Waals surface area (Å²) >= 11 is 1.35. The average Bonchev–Trinajstić information content (AvgIpc) is 3.29. The van der Waals surface area contributed by atoms with Crippen LogP contribution in [0.15, 0.2) is 78.2 Å². The monoisotopic (exact) mass is 448 g/mol. The van der Waals surface area contributed by atoms with E-state index in [1.165, 1.54) is 17.4 Å². The highest BCUT2D eigenvalue weighted by molar-refractivity contribution is 7.13. The summed E-state index contributed by atoms with van der Waals surface area (Å²) in [6, 6.07) is 21.0. The summed E-state index contributed by atoms with van der Waals surface area (Å²) in [6.07, 6.45) is 0. The first-order chi connectivity index (χ1) is 15.6. The van der Waals surface area contributed by atoms with Gasteiger partial charge in [-0.25, -0.2) is 9.37 Å². The number of hydrogen-bond donors (Lipinski definition) is 1. The molecule has 0 saturated carbocycles. The Morgan fingerprint density at radius 2 is 1.59 bits per heavy atom. The second-order valence-corrected chi connectivity index (χ2v) is 7.66. The van der Waals surface area contributed by atoms with Gasteiger partial charge in [0, 0.05) is 16.5 Å². The number of carbonyl (C=O) groups excluding carboxylic acids is 1. The molecule has 0 spiro atoms. The molecule has 0 aliphatic heterocycles. The molecular formula is C25H21FN2O3S. The summed E-state index contributed by atoms with van der Waals surface area (Å²) in [6.45, 7) is 2.36. The van der Waals surface area contributed by atoms with Crippen LogP contribution in [0.3, 0.4) is 0 Å². The molecule has 1 heterocycles. The maximum Gasteiger partial charge on any atom is 0.262 e. The summed E-state index contributed by atoms with van der Waals surface area (Å²) in [4.78, 5) is 17.1. The fourth-order valence-electron chi connectivity index (χ4n) is 3.11. The van der Waals surface area contributed by atoms with Crippen LogP contribution in [0.4, 0.5) is 10.1 Å². The van der Waals surface area contributed by atoms with Crippen LogP contribution in [-0.2, 0) is 4.79 Å². The van der Waals surface area contributed by atoms with E-state index in [0.717, 1.165) is 11.3 Å². The number of hydrogen-bond acceptors (Lipinski definition) is 5. The molecule has 4 rings (SSSR count). The summed E-state index contributed by atoms with van der Waals surface area (Å²) in [5.41, 5.74) is 2.48. The fourth-order valence-corrected chi connectivity index (χ4v) is 3.95. The van der Waals surface area contributed by atoms with Crippen LogP contribution in [0.25, 0.3) is 21.8 Å². The Kier molecular flexibility index (Phi) is 6.77. The van der Waals surface area contributed by atoms with Crippen molar-refractivity contribution in [3.05, 3.63) is 84.0 Å². The minimum Gasteiger partial charge on any atom is -0.494 e. The normalized spacial score (nSPS) is 10.6. The predicted octanol–water partition coefficient (Wildman–Crippen LogP) is 6.03. The molecule has 1 N–H and O–H groups in total. The number of benzene rings is 3. The number of nitrogens with one attached hydrogen (secondary N) is 1. The first-order valence-electron chi connectivity index (χ1n) is 10.1. The van der Waals surface area contributed by atoms with Gasteiger partial charge < -0.3 is 14.8 Å². The van der Waals surface area contributed by atoms with Crippen molar-refractivity contribution in [1.29, 1.82) is 0 Å². The summed E-state index contributed by atoms with van der Waals surface area (Å²) in [5.74, 6) is 0.708. The Bertz CT molecular complexity index is 1210. The molecule has 32 heavy (non-hydrogen) atoms. The molecule has 0 fully saturated rings. The van der Waals surface area contributed by atoms with Crippen molar-refractivity contribution >= 4 is 22.9 Å². The van der Waals surface area contributed by atoms with Gasteiger partial charge in [0.1, 0.15) is 22.3 Å². The number of ether oxygens (including phenoxy) is 2. The highest BCUT2D eigenvalue weighted by Gasteiger charge is 2.14. The van der Waals surface area contributed by atoms with Crippen molar-refractivity contribution in [1.82, 2.24) is 4.98 Å². The van der Waals surface area contributed by atoms with Gasteiger partial charge in [-0.1, -0.05) is 30.3 Å². The standard InChI is InChI=1S/C25H21FN2O3S/c1-2-30-17-11-13-18(14-12-17)31-15-24(29)27-22-10-6-4-8-20(22)23-16-32-25(28-23)19-7-3-5-9-21(19)26/h3-14,16H,2,15H2,1H3,(H,27,29). The molecule has 0 aliphatic carbocycles. The SMILES string of the molecule is CCOc1ccc(OCC(=O)Nc2ccccc2-c2csc(-c3ccccc3F)n2)cc1. The van der Waals surface area contributed by atoms with Gasteiger partial charge in [0.2, 0.25) is 0 Å². The van der Waals surface area contributed by atoms with E-state index in [4.69, 9.17) is 9.47 Å². The van der Waals surface area contributed by atoms with E-state index in [1.807, 2.05) is 30.5 Å². The number of para-hydroxylation sites is 1. The Labute approximate surface area is 189 Å². The number of amides is 1. The van der Waals surface area contributed by atoms with Gasteiger partial charge in [-0.2, -0.15) is 0 Å². The maximum absolute atomic E-state index is 14.1. The van der Waals surface area contributed by atoms with Gasteiger partial charge in [-0.15, -0.1) is 11.3 Å². The van der Waals surface area contributed by atoms with Gasteiger partial charge in [0.15, 0.2) is 6.61 Å². The van der Waals surface area contributed by atoms with Crippen molar-refractivity contribution in [2.45, 2.75) is 6.92 Å². The Morgan fingerprint density at radius 3 is 2.31 bits per heavy atom. The van der Waals surface area contributed by atoms with Crippen molar-refractivity contribution in [3.63, 3.8) is 0 Å². The zero-order valence-corrected chi connectivity index (χ0v) is 18.2. The lowest BCUT2D eigenvalue weighted by Crippen LogP contribution is -2.20. The second-order valence-electron chi connectivity index (χ2n) is 6.80. The van der Waals surface area contributed by atoms with Crippen LogP contribution in [0.1, 0.15) is 6.92 Å². The molecule has 0 radical (unpaired) electrons. The summed E-state index contributed by atoms with van der Waals surface area (Å²) in [5, 5.41) is 5.31. The molecule has 1 aromatic heterocycles. The highest BCUT2D eigenvalue weighted by atomic mass is 32.1. The van der Waals surface area contributed by atoms with Gasteiger partial charge in [-0.05, 0) is 49.4 Å². The van der Waals surface area contributed by atoms with E-state index in [9.17, 15) is 9.18 Å². The minimum atomic E-state index is -0.318. The zero-order chi connectivity index (χ0) is 22.3. The second kappa shape index (κ2) is 10.1. The Hall–Kier alpha value is -3.71. The largest absolute Gasteiger partial charge is 0.494 e. The molecule has 0 aliphatic rings. The minimum absolute atomic E-state index is 0.139. The van der Waals surface area contributed by atoms with Gasteiger partial charge in [0.05, 0.1) is 18.0 Å². The number of carbonyl (C=O) groups is 1. The molecule has 0 atom stereocenters. The van der Waals surface area contributed by atoms with Crippen LogP contribution in [0.2, 0.25) is 0 Å². The number of aromatic nitrogens is 1. The highest BCUT2D eigenvalue weighted by Crippen LogP contribution is 2.33. The number of halogens is 1. The molecule has 3 aromatic carbocycles. The van der Waals surface area contributed by atoms with Crippen LogP contribution in [0, 0.1) is 5.82 Å². The molecule has 0 unspecified atom stereocenters. The van der Waals surface area contributed by atoms with Crippen molar-refractivity contribution in [3.8, 4) is 33.3 Å². The summed E-state index contributed by atoms with van der Waals surface area (Å²) < 4.78 is 25.1. The van der Waals surface area contributed by atoms with E-state index in [0.29, 0.717) is 34.3 Å². The van der Waals surface area contributed by atoms with Crippen LogP contribution in [0.5, 0.6) is 11.5 Å². The van der Waals surface area contributed by atoms with Crippen LogP contribution in [-0.4, -0.2) is 24.1 Å². The lowest BCUT2D eigenvalue weighted by molar-refractivity contribution is -0.118. The molecule has 5 nitrogen and oxygen atoms in total. The quantitative estimate of drug-likeness (QED) is 0.357. The van der Waals surface area contributed by atoms with Crippen molar-refractivity contribution < 1.29 is 18.7 Å². The fraction of sp³-hybridized carbons (Fsp3) is 0.120. The van der Waals surface area contributed by atoms with E-state index < -0.39 is 0 Å².